The summed E-state index contributed by atoms with van der Waals surface area (Å²) in [5.74, 6) is 0.660. The number of hydrogen-bond donors (Lipinski definition) is 3. The number of hydrogen-bond acceptors (Lipinski definition) is 6. The smallest absolute Gasteiger partial charge is 0.228 e. The second-order valence-electron chi connectivity index (χ2n) is 8.66. The molecule has 1 atom stereocenters. The van der Waals surface area contributed by atoms with E-state index in [-0.39, 0.29) is 24.3 Å². The van der Waals surface area contributed by atoms with E-state index in [1.54, 1.807) is 29.3 Å². The highest BCUT2D eigenvalue weighted by Gasteiger charge is 2.19. The van der Waals surface area contributed by atoms with Crippen molar-refractivity contribution in [2.75, 3.05) is 0 Å². The molecule has 0 saturated carbocycles. The van der Waals surface area contributed by atoms with Crippen molar-refractivity contribution < 1.29 is 9.59 Å². The number of H-pyrrole nitrogens is 1. The Bertz CT molecular complexity index is 1280. The molecule has 0 radical (unpaired) electrons. The van der Waals surface area contributed by atoms with Gasteiger partial charge in [-0.1, -0.05) is 37.1 Å². The van der Waals surface area contributed by atoms with E-state index in [0.29, 0.717) is 24.5 Å². The minimum absolute atomic E-state index is 0.0849. The maximum Gasteiger partial charge on any atom is 0.228 e. The van der Waals surface area contributed by atoms with Gasteiger partial charge in [0.2, 0.25) is 11.8 Å². The summed E-state index contributed by atoms with van der Waals surface area (Å²) in [5.41, 5.74) is 9.02. The fraction of sp³-hybridized carbons (Fsp3) is 0.308. The zero-order valence-electron chi connectivity index (χ0n) is 20.2. The number of nitrogens with two attached hydrogens (primary N) is 1. The van der Waals surface area contributed by atoms with Crippen LogP contribution >= 0.6 is 0 Å². The molecule has 3 heterocycles. The first-order valence-corrected chi connectivity index (χ1v) is 12.0. The summed E-state index contributed by atoms with van der Waals surface area (Å²) >= 11 is 0. The molecule has 4 rings (SSSR count). The van der Waals surface area contributed by atoms with Gasteiger partial charge in [0.1, 0.15) is 11.6 Å². The molecule has 2 amide bonds. The number of imidazole rings is 1. The maximum absolute atomic E-state index is 12.7. The molecule has 186 valence electrons. The van der Waals surface area contributed by atoms with E-state index in [1.807, 2.05) is 43.6 Å². The summed E-state index contributed by atoms with van der Waals surface area (Å²) in [5, 5.41) is 7.51. The highest BCUT2D eigenvalue weighted by Crippen LogP contribution is 2.25. The molecule has 4 N–H and O–H groups in total. The van der Waals surface area contributed by atoms with E-state index in [1.165, 1.54) is 0 Å². The quantitative estimate of drug-likeness (QED) is 0.262. The second kappa shape index (κ2) is 11.9. The number of primary amides is 1. The highest BCUT2D eigenvalue weighted by molar-refractivity contribution is 5.78. The number of unbranched alkanes of at least 4 members (excludes halogenated alkanes) is 2. The van der Waals surface area contributed by atoms with Crippen LogP contribution < -0.4 is 11.1 Å². The van der Waals surface area contributed by atoms with Crippen LogP contribution in [0.3, 0.4) is 0 Å². The number of nitrogens with one attached hydrogen (secondary N) is 2. The number of aryl methyl sites for hydroxylation is 1. The van der Waals surface area contributed by atoms with Gasteiger partial charge in [-0.05, 0) is 30.5 Å². The largest absolute Gasteiger partial charge is 0.370 e. The van der Waals surface area contributed by atoms with Crippen molar-refractivity contribution in [2.45, 2.75) is 44.6 Å². The Morgan fingerprint density at radius 3 is 2.47 bits per heavy atom. The van der Waals surface area contributed by atoms with Crippen molar-refractivity contribution in [1.82, 2.24) is 35.0 Å². The lowest BCUT2D eigenvalue weighted by atomic mass is 10.1. The van der Waals surface area contributed by atoms with Crippen LogP contribution in [0.4, 0.5) is 0 Å². The van der Waals surface area contributed by atoms with Crippen LogP contribution in [-0.2, 0) is 23.1 Å². The molecule has 10 heteroatoms. The minimum Gasteiger partial charge on any atom is -0.370 e. The summed E-state index contributed by atoms with van der Waals surface area (Å²) in [6.07, 6.45) is 10.4. The summed E-state index contributed by atoms with van der Waals surface area (Å²) in [4.78, 5) is 39.9. The van der Waals surface area contributed by atoms with Crippen LogP contribution in [0.5, 0.6) is 0 Å². The van der Waals surface area contributed by atoms with E-state index in [4.69, 9.17) is 5.73 Å². The van der Waals surface area contributed by atoms with Crippen molar-refractivity contribution in [3.63, 3.8) is 0 Å². The summed E-state index contributed by atoms with van der Waals surface area (Å²) in [6, 6.07) is 11.5. The summed E-state index contributed by atoms with van der Waals surface area (Å²) in [7, 11) is 1.89. The number of rotatable bonds is 12. The van der Waals surface area contributed by atoms with E-state index in [9.17, 15) is 9.59 Å². The SMILES string of the molecule is Cn1ccc(-c2ccc(-c3cnc([C@H](CCCCCC(N)=O)NC(=O)Cc4ncccn4)[nH]3)cc2)n1. The molecule has 0 saturated heterocycles. The van der Waals surface area contributed by atoms with E-state index in [0.717, 1.165) is 41.8 Å². The molecule has 10 nitrogen and oxygen atoms in total. The number of carbonyl (C=O) groups is 2. The van der Waals surface area contributed by atoms with Crippen LogP contribution in [0.15, 0.2) is 61.2 Å². The van der Waals surface area contributed by atoms with Gasteiger partial charge in [0, 0.05) is 37.6 Å². The third-order valence-electron chi connectivity index (χ3n) is 5.82. The van der Waals surface area contributed by atoms with Gasteiger partial charge in [-0.25, -0.2) is 15.0 Å². The lowest BCUT2D eigenvalue weighted by molar-refractivity contribution is -0.121. The minimum atomic E-state index is -0.309. The highest BCUT2D eigenvalue weighted by atomic mass is 16.2. The van der Waals surface area contributed by atoms with E-state index >= 15 is 0 Å². The number of nitrogens with zero attached hydrogens (tertiary/aromatic N) is 5. The number of benzene rings is 1. The average molecular weight is 487 g/mol. The van der Waals surface area contributed by atoms with Gasteiger partial charge in [-0.3, -0.25) is 14.3 Å². The fourth-order valence-electron chi connectivity index (χ4n) is 3.96. The molecule has 0 aliphatic heterocycles. The first kappa shape index (κ1) is 24.8. The molecule has 36 heavy (non-hydrogen) atoms. The normalized spacial score (nSPS) is 11.8. The van der Waals surface area contributed by atoms with Crippen LogP contribution in [0, 0.1) is 0 Å². The van der Waals surface area contributed by atoms with Gasteiger partial charge in [0.15, 0.2) is 0 Å². The molecule has 0 aliphatic rings. The molecule has 0 aliphatic carbocycles. The molecule has 0 spiro atoms. The second-order valence-corrected chi connectivity index (χ2v) is 8.66. The van der Waals surface area contributed by atoms with Crippen molar-refractivity contribution in [2.24, 2.45) is 12.8 Å². The molecule has 0 bridgehead atoms. The Balaban J connectivity index is 1.45. The molecule has 0 fully saturated rings. The standard InChI is InChI=1S/C26H30N8O2/c1-34-15-12-20(33-34)18-8-10-19(11-9-18)22-17-30-26(32-22)21(6-3-2-4-7-23(27)35)31-25(36)16-24-28-13-5-14-29-24/h5,8-15,17,21H,2-4,6-7,16H2,1H3,(H2,27,35)(H,30,32)(H,31,36)/t21-/m0/s1. The van der Waals surface area contributed by atoms with Gasteiger partial charge in [-0.2, -0.15) is 5.10 Å². The zero-order valence-corrected chi connectivity index (χ0v) is 20.2. The lowest BCUT2D eigenvalue weighted by Crippen LogP contribution is -2.31. The van der Waals surface area contributed by atoms with Crippen molar-refractivity contribution >= 4 is 11.8 Å². The number of amides is 2. The topological polar surface area (TPSA) is 144 Å². The average Bonchev–Trinajstić information content (AvgIpc) is 3.53. The lowest BCUT2D eigenvalue weighted by Gasteiger charge is -2.17. The first-order chi connectivity index (χ1) is 17.5. The zero-order chi connectivity index (χ0) is 25.3. The third kappa shape index (κ3) is 6.84. The Morgan fingerprint density at radius 2 is 1.78 bits per heavy atom. The van der Waals surface area contributed by atoms with Crippen molar-refractivity contribution in [3.8, 4) is 22.5 Å². The van der Waals surface area contributed by atoms with Gasteiger partial charge in [0.25, 0.3) is 0 Å². The van der Waals surface area contributed by atoms with Crippen LogP contribution in [0.25, 0.3) is 22.5 Å². The molecular formula is C26H30N8O2. The fourth-order valence-corrected chi connectivity index (χ4v) is 3.96. The monoisotopic (exact) mass is 486 g/mol. The summed E-state index contributed by atoms with van der Waals surface area (Å²) < 4.78 is 1.77. The molecule has 4 aromatic rings. The van der Waals surface area contributed by atoms with E-state index < -0.39 is 0 Å². The third-order valence-corrected chi connectivity index (χ3v) is 5.82. The molecule has 3 aromatic heterocycles. The first-order valence-electron chi connectivity index (χ1n) is 12.0. The Kier molecular flexibility index (Phi) is 8.17. The molecular weight excluding hydrogens is 456 g/mol. The summed E-state index contributed by atoms with van der Waals surface area (Å²) in [6.45, 7) is 0. The molecule has 0 unspecified atom stereocenters. The Hall–Kier alpha value is -4.34. The number of carbonyl (C=O) groups excluding carboxylic acids is 2. The van der Waals surface area contributed by atoms with Gasteiger partial charge >= 0.3 is 0 Å². The van der Waals surface area contributed by atoms with Gasteiger partial charge in [0.05, 0.1) is 30.0 Å². The van der Waals surface area contributed by atoms with Crippen LogP contribution in [-0.4, -0.2) is 41.5 Å². The Labute approximate surface area is 209 Å². The molecule has 1 aromatic carbocycles. The van der Waals surface area contributed by atoms with Gasteiger partial charge < -0.3 is 16.0 Å². The maximum atomic E-state index is 12.7. The van der Waals surface area contributed by atoms with Crippen molar-refractivity contribution in [3.05, 3.63) is 72.8 Å². The predicted molar refractivity (Wildman–Crippen MR) is 135 cm³/mol. The number of aromatic amines is 1. The van der Waals surface area contributed by atoms with Gasteiger partial charge in [-0.15, -0.1) is 0 Å². The van der Waals surface area contributed by atoms with E-state index in [2.05, 4.69) is 30.4 Å². The van der Waals surface area contributed by atoms with Crippen molar-refractivity contribution in [1.29, 1.82) is 0 Å². The predicted octanol–water partition coefficient (Wildman–Crippen LogP) is 3.10. The van der Waals surface area contributed by atoms with Crippen LogP contribution in [0.2, 0.25) is 0 Å². The van der Waals surface area contributed by atoms with Crippen LogP contribution in [0.1, 0.15) is 49.8 Å². The number of aromatic nitrogens is 6. The Morgan fingerprint density at radius 1 is 1.03 bits per heavy atom.